The second kappa shape index (κ2) is 5.48. The molecule has 3 N–H and O–H groups in total. The highest BCUT2D eigenvalue weighted by Crippen LogP contribution is 2.27. The number of hydrogen-bond donors (Lipinski definition) is 3. The maximum absolute atomic E-state index is 12.4. The first-order chi connectivity index (χ1) is 10.1. The van der Waals surface area contributed by atoms with Crippen molar-refractivity contribution >= 4 is 17.3 Å². The van der Waals surface area contributed by atoms with Crippen LogP contribution in [0.15, 0.2) is 42.5 Å². The summed E-state index contributed by atoms with van der Waals surface area (Å²) in [5, 5.41) is 15.9. The lowest BCUT2D eigenvalue weighted by Crippen LogP contribution is -2.33. The first kappa shape index (κ1) is 13.5. The summed E-state index contributed by atoms with van der Waals surface area (Å²) in [6, 6.07) is 13.2. The Hall–Kier alpha value is -2.49. The van der Waals surface area contributed by atoms with Crippen LogP contribution in [0.25, 0.3) is 0 Å². The second-order valence-electron chi connectivity index (χ2n) is 5.45. The van der Waals surface area contributed by atoms with E-state index in [-0.39, 0.29) is 17.6 Å². The van der Waals surface area contributed by atoms with Crippen LogP contribution in [0.3, 0.4) is 0 Å². The van der Waals surface area contributed by atoms with Crippen LogP contribution in [0.2, 0.25) is 0 Å². The molecular weight excluding hydrogens is 264 g/mol. The Kier molecular flexibility index (Phi) is 3.52. The predicted molar refractivity (Wildman–Crippen MR) is 83.6 cm³/mol. The third-order valence-corrected chi connectivity index (χ3v) is 3.80. The quantitative estimate of drug-likeness (QED) is 0.742. The topological polar surface area (TPSA) is 61.4 Å². The largest absolute Gasteiger partial charge is 0.506 e. The van der Waals surface area contributed by atoms with Crippen LogP contribution in [0.1, 0.15) is 11.1 Å². The number of amides is 1. The number of hydrogen-bond acceptors (Lipinski definition) is 3. The van der Waals surface area contributed by atoms with Crippen LogP contribution in [0.5, 0.6) is 5.75 Å². The molecule has 1 amide bonds. The molecule has 1 atom stereocenters. The highest BCUT2D eigenvalue weighted by atomic mass is 16.3. The lowest BCUT2D eigenvalue weighted by Gasteiger charge is -2.25. The summed E-state index contributed by atoms with van der Waals surface area (Å²) < 4.78 is 0. The molecule has 2 aromatic carbocycles. The van der Waals surface area contributed by atoms with Crippen molar-refractivity contribution < 1.29 is 9.90 Å². The second-order valence-corrected chi connectivity index (χ2v) is 5.45. The fourth-order valence-electron chi connectivity index (χ4n) is 2.61. The van der Waals surface area contributed by atoms with Crippen molar-refractivity contribution in [1.29, 1.82) is 0 Å². The van der Waals surface area contributed by atoms with Gasteiger partial charge in [-0.05, 0) is 42.7 Å². The third kappa shape index (κ3) is 2.84. The third-order valence-electron chi connectivity index (χ3n) is 3.80. The van der Waals surface area contributed by atoms with Gasteiger partial charge in [-0.25, -0.2) is 0 Å². The molecule has 0 saturated carbocycles. The zero-order valence-electron chi connectivity index (χ0n) is 11.9. The van der Waals surface area contributed by atoms with Crippen LogP contribution >= 0.6 is 0 Å². The smallest absolute Gasteiger partial charge is 0.229 e. The number of nitrogens with one attached hydrogen (secondary N) is 2. The standard InChI is InChI=1S/C17H18N2O2/c1-11-6-7-16(20)15(8-11)19-17(21)13-9-12-4-2-3-5-14(12)18-10-13/h2-8,13,18,20H,9-10H2,1H3,(H,19,21). The van der Waals surface area contributed by atoms with Crippen molar-refractivity contribution in [3.63, 3.8) is 0 Å². The van der Waals surface area contributed by atoms with E-state index in [0.29, 0.717) is 18.7 Å². The van der Waals surface area contributed by atoms with Gasteiger partial charge in [-0.2, -0.15) is 0 Å². The van der Waals surface area contributed by atoms with E-state index in [0.717, 1.165) is 16.8 Å². The van der Waals surface area contributed by atoms with Crippen LogP contribution in [-0.2, 0) is 11.2 Å². The lowest BCUT2D eigenvalue weighted by atomic mass is 9.93. The number of aromatic hydroxyl groups is 1. The minimum atomic E-state index is -0.139. The van der Waals surface area contributed by atoms with Gasteiger partial charge in [-0.3, -0.25) is 4.79 Å². The number of fused-ring (bicyclic) bond motifs is 1. The van der Waals surface area contributed by atoms with Gasteiger partial charge in [0, 0.05) is 12.2 Å². The number of carbonyl (C=O) groups is 1. The van der Waals surface area contributed by atoms with Crippen LogP contribution in [-0.4, -0.2) is 17.6 Å². The molecule has 108 valence electrons. The van der Waals surface area contributed by atoms with Crippen LogP contribution in [0, 0.1) is 12.8 Å². The minimum Gasteiger partial charge on any atom is -0.506 e. The summed E-state index contributed by atoms with van der Waals surface area (Å²) in [6.45, 7) is 2.53. The van der Waals surface area contributed by atoms with Gasteiger partial charge in [0.25, 0.3) is 0 Å². The van der Waals surface area contributed by atoms with Crippen molar-refractivity contribution in [2.24, 2.45) is 5.92 Å². The number of phenolic OH excluding ortho intramolecular Hbond substituents is 1. The van der Waals surface area contributed by atoms with Gasteiger partial charge >= 0.3 is 0 Å². The predicted octanol–water partition coefficient (Wildman–Crippen LogP) is 2.92. The molecule has 0 aromatic heterocycles. The number of benzene rings is 2. The Labute approximate surface area is 123 Å². The first-order valence-electron chi connectivity index (χ1n) is 7.06. The number of phenols is 1. The van der Waals surface area contributed by atoms with E-state index in [1.807, 2.05) is 37.3 Å². The van der Waals surface area contributed by atoms with Crippen molar-refractivity contribution in [3.8, 4) is 5.75 Å². The van der Waals surface area contributed by atoms with Gasteiger partial charge in [-0.15, -0.1) is 0 Å². The molecule has 0 saturated heterocycles. The van der Waals surface area contributed by atoms with Crippen LogP contribution in [0.4, 0.5) is 11.4 Å². The average molecular weight is 282 g/mol. The maximum atomic E-state index is 12.4. The fraction of sp³-hybridized carbons (Fsp3) is 0.235. The van der Waals surface area contributed by atoms with Crippen molar-refractivity contribution in [1.82, 2.24) is 0 Å². The number of rotatable bonds is 2. The first-order valence-corrected chi connectivity index (χ1v) is 7.06. The molecule has 2 aromatic rings. The SMILES string of the molecule is Cc1ccc(O)c(NC(=O)C2CNc3ccccc3C2)c1. The van der Waals surface area contributed by atoms with Gasteiger partial charge in [0.2, 0.25) is 5.91 Å². The Balaban J connectivity index is 1.74. The van der Waals surface area contributed by atoms with E-state index in [1.165, 1.54) is 0 Å². The molecule has 21 heavy (non-hydrogen) atoms. The number of aryl methyl sites for hydroxylation is 1. The molecule has 4 nitrogen and oxygen atoms in total. The molecule has 0 radical (unpaired) electrons. The monoisotopic (exact) mass is 282 g/mol. The van der Waals surface area contributed by atoms with Crippen LogP contribution < -0.4 is 10.6 Å². The Morgan fingerprint density at radius 2 is 2.10 bits per heavy atom. The Morgan fingerprint density at radius 3 is 2.95 bits per heavy atom. The zero-order chi connectivity index (χ0) is 14.8. The van der Waals surface area contributed by atoms with Crippen molar-refractivity contribution in [2.45, 2.75) is 13.3 Å². The molecule has 3 rings (SSSR count). The maximum Gasteiger partial charge on any atom is 0.229 e. The molecule has 0 fully saturated rings. The zero-order valence-corrected chi connectivity index (χ0v) is 11.9. The minimum absolute atomic E-state index is 0.0714. The molecule has 0 bridgehead atoms. The Morgan fingerprint density at radius 1 is 1.29 bits per heavy atom. The van der Waals surface area contributed by atoms with E-state index < -0.39 is 0 Å². The van der Waals surface area contributed by atoms with E-state index in [9.17, 15) is 9.90 Å². The summed E-state index contributed by atoms with van der Waals surface area (Å²) in [4.78, 5) is 12.4. The van der Waals surface area contributed by atoms with E-state index in [4.69, 9.17) is 0 Å². The van der Waals surface area contributed by atoms with Gasteiger partial charge in [0.05, 0.1) is 11.6 Å². The molecular formula is C17H18N2O2. The molecule has 0 aliphatic carbocycles. The van der Waals surface area contributed by atoms with E-state index in [1.54, 1.807) is 12.1 Å². The summed E-state index contributed by atoms with van der Waals surface area (Å²) >= 11 is 0. The van der Waals surface area contributed by atoms with E-state index in [2.05, 4.69) is 10.6 Å². The molecule has 1 unspecified atom stereocenters. The highest BCUT2D eigenvalue weighted by molar-refractivity contribution is 5.95. The lowest BCUT2D eigenvalue weighted by molar-refractivity contribution is -0.119. The van der Waals surface area contributed by atoms with E-state index >= 15 is 0 Å². The summed E-state index contributed by atoms with van der Waals surface area (Å²) in [5.74, 6) is -0.115. The molecule has 1 aliphatic heterocycles. The van der Waals surface area contributed by atoms with Gasteiger partial charge < -0.3 is 15.7 Å². The summed E-state index contributed by atoms with van der Waals surface area (Å²) in [7, 11) is 0. The highest BCUT2D eigenvalue weighted by Gasteiger charge is 2.24. The molecule has 1 heterocycles. The van der Waals surface area contributed by atoms with Gasteiger partial charge in [0.1, 0.15) is 5.75 Å². The van der Waals surface area contributed by atoms with Crippen molar-refractivity contribution in [2.75, 3.05) is 17.2 Å². The summed E-state index contributed by atoms with van der Waals surface area (Å²) in [6.07, 6.45) is 0.710. The number of anilines is 2. The molecule has 4 heteroatoms. The van der Waals surface area contributed by atoms with Gasteiger partial charge in [0.15, 0.2) is 0 Å². The molecule has 1 aliphatic rings. The van der Waals surface area contributed by atoms with Gasteiger partial charge in [-0.1, -0.05) is 24.3 Å². The van der Waals surface area contributed by atoms with Crippen molar-refractivity contribution in [3.05, 3.63) is 53.6 Å². The normalized spacial score (nSPS) is 16.7. The summed E-state index contributed by atoms with van der Waals surface area (Å²) in [5.41, 5.74) is 3.71. The average Bonchev–Trinajstić information content (AvgIpc) is 2.50. The molecule has 0 spiro atoms. The number of para-hydroxylation sites is 1. The fourth-order valence-corrected chi connectivity index (χ4v) is 2.61. The number of carbonyl (C=O) groups excluding carboxylic acids is 1. The Bertz CT molecular complexity index is 682.